The van der Waals surface area contributed by atoms with Gasteiger partial charge in [-0.25, -0.2) is 4.79 Å². The summed E-state index contributed by atoms with van der Waals surface area (Å²) in [6, 6.07) is 0. The molecule has 1 unspecified atom stereocenters. The highest BCUT2D eigenvalue weighted by Gasteiger charge is 2.23. The number of nitrogen functional groups attached to an aromatic ring is 1. The highest BCUT2D eigenvalue weighted by Crippen LogP contribution is 2.14. The molecule has 0 spiro atoms. The van der Waals surface area contributed by atoms with Gasteiger partial charge in [0.1, 0.15) is 11.4 Å². The summed E-state index contributed by atoms with van der Waals surface area (Å²) >= 11 is 1.32. The number of rotatable bonds is 3. The van der Waals surface area contributed by atoms with Gasteiger partial charge in [-0.2, -0.15) is 11.8 Å². The summed E-state index contributed by atoms with van der Waals surface area (Å²) in [5.74, 6) is -0.435. The Morgan fingerprint density at radius 2 is 1.82 bits per heavy atom. The SMILES string of the molecule is CSC(C)C(=O)c1c(N)n(C)c(=O)n(C)c1=O. The van der Waals surface area contributed by atoms with Crippen LogP contribution in [0.25, 0.3) is 0 Å². The van der Waals surface area contributed by atoms with Gasteiger partial charge in [0.25, 0.3) is 5.56 Å². The standard InChI is InChI=1S/C10H15N3O3S/c1-5(17-4)7(14)6-8(11)12(2)10(16)13(3)9(6)15/h5H,11H2,1-4H3. The number of ketones is 1. The van der Waals surface area contributed by atoms with Crippen LogP contribution in [0.5, 0.6) is 0 Å². The van der Waals surface area contributed by atoms with Crippen LogP contribution in [0.15, 0.2) is 9.59 Å². The van der Waals surface area contributed by atoms with E-state index < -0.39 is 11.2 Å². The van der Waals surface area contributed by atoms with Crippen molar-refractivity contribution in [3.63, 3.8) is 0 Å². The summed E-state index contributed by atoms with van der Waals surface area (Å²) in [6.07, 6.45) is 1.77. The summed E-state index contributed by atoms with van der Waals surface area (Å²) in [4.78, 5) is 35.4. The van der Waals surface area contributed by atoms with E-state index in [2.05, 4.69) is 0 Å². The van der Waals surface area contributed by atoms with Gasteiger partial charge >= 0.3 is 5.69 Å². The molecule has 0 aliphatic rings. The molecule has 1 aromatic rings. The molecule has 0 saturated heterocycles. The third kappa shape index (κ3) is 2.14. The number of hydrogen-bond acceptors (Lipinski definition) is 5. The van der Waals surface area contributed by atoms with E-state index in [1.54, 1.807) is 13.2 Å². The second-order valence-electron chi connectivity index (χ2n) is 3.71. The van der Waals surface area contributed by atoms with Crippen molar-refractivity contribution in [1.82, 2.24) is 9.13 Å². The average Bonchev–Trinajstić information content (AvgIpc) is 2.32. The van der Waals surface area contributed by atoms with Crippen molar-refractivity contribution in [3.05, 3.63) is 26.4 Å². The van der Waals surface area contributed by atoms with Gasteiger partial charge in [-0.1, -0.05) is 0 Å². The fraction of sp³-hybridized carbons (Fsp3) is 0.500. The van der Waals surface area contributed by atoms with Gasteiger partial charge in [0.2, 0.25) is 0 Å². The Hall–Kier alpha value is -1.50. The molecule has 0 aromatic carbocycles. The Kier molecular flexibility index (Phi) is 3.82. The first-order valence-corrected chi connectivity index (χ1v) is 6.24. The van der Waals surface area contributed by atoms with Crippen LogP contribution in [0.2, 0.25) is 0 Å². The Morgan fingerprint density at radius 1 is 1.29 bits per heavy atom. The van der Waals surface area contributed by atoms with Gasteiger partial charge < -0.3 is 5.73 Å². The molecule has 2 N–H and O–H groups in total. The lowest BCUT2D eigenvalue weighted by Gasteiger charge is -2.12. The first-order valence-electron chi connectivity index (χ1n) is 4.95. The monoisotopic (exact) mass is 257 g/mol. The third-order valence-corrected chi connectivity index (χ3v) is 3.60. The molecule has 0 amide bonds. The molecular weight excluding hydrogens is 242 g/mol. The first-order chi connectivity index (χ1) is 7.82. The van der Waals surface area contributed by atoms with Crippen molar-refractivity contribution in [3.8, 4) is 0 Å². The summed E-state index contributed by atoms with van der Waals surface area (Å²) in [5.41, 5.74) is 4.37. The zero-order chi connectivity index (χ0) is 13.3. The van der Waals surface area contributed by atoms with Crippen molar-refractivity contribution >= 4 is 23.4 Å². The van der Waals surface area contributed by atoms with E-state index in [9.17, 15) is 14.4 Å². The molecule has 1 heterocycles. The van der Waals surface area contributed by atoms with Crippen LogP contribution in [0.3, 0.4) is 0 Å². The number of carbonyl (C=O) groups is 1. The van der Waals surface area contributed by atoms with Gasteiger partial charge in [-0.3, -0.25) is 18.7 Å². The quantitative estimate of drug-likeness (QED) is 0.744. The summed E-state index contributed by atoms with van der Waals surface area (Å²) in [7, 11) is 2.75. The lowest BCUT2D eigenvalue weighted by Crippen LogP contribution is -2.42. The second-order valence-corrected chi connectivity index (χ2v) is 4.89. The number of anilines is 1. The van der Waals surface area contributed by atoms with Crippen molar-refractivity contribution in [2.75, 3.05) is 12.0 Å². The molecular formula is C10H15N3O3S. The van der Waals surface area contributed by atoms with Crippen molar-refractivity contribution in [1.29, 1.82) is 0 Å². The minimum absolute atomic E-state index is 0.0796. The van der Waals surface area contributed by atoms with Gasteiger partial charge in [-0.15, -0.1) is 0 Å². The highest BCUT2D eigenvalue weighted by atomic mass is 32.2. The van der Waals surface area contributed by atoms with Crippen molar-refractivity contribution < 1.29 is 4.79 Å². The maximum absolute atomic E-state index is 12.0. The van der Waals surface area contributed by atoms with Crippen LogP contribution in [0.4, 0.5) is 5.82 Å². The second kappa shape index (κ2) is 4.79. The van der Waals surface area contributed by atoms with Gasteiger partial charge in [0.15, 0.2) is 5.78 Å². The van der Waals surface area contributed by atoms with E-state index in [4.69, 9.17) is 5.73 Å². The van der Waals surface area contributed by atoms with E-state index in [0.29, 0.717) is 0 Å². The molecule has 0 bridgehead atoms. The Morgan fingerprint density at radius 3 is 2.29 bits per heavy atom. The number of carbonyl (C=O) groups excluding carboxylic acids is 1. The number of aromatic nitrogens is 2. The van der Waals surface area contributed by atoms with Crippen molar-refractivity contribution in [2.24, 2.45) is 14.1 Å². The van der Waals surface area contributed by atoms with Crippen LogP contribution in [-0.2, 0) is 14.1 Å². The van der Waals surface area contributed by atoms with E-state index in [1.807, 2.05) is 0 Å². The number of Topliss-reactive ketones (excluding diaryl/α,β-unsaturated/α-hetero) is 1. The lowest BCUT2D eigenvalue weighted by molar-refractivity contribution is 0.0992. The van der Waals surface area contributed by atoms with Gasteiger partial charge in [0.05, 0.1) is 5.25 Å². The smallest absolute Gasteiger partial charge is 0.332 e. The number of nitrogens with two attached hydrogens (primary N) is 1. The van der Waals surface area contributed by atoms with Crippen molar-refractivity contribution in [2.45, 2.75) is 12.2 Å². The predicted molar refractivity (Wildman–Crippen MR) is 68.6 cm³/mol. The van der Waals surface area contributed by atoms with E-state index in [-0.39, 0.29) is 22.4 Å². The minimum atomic E-state index is -0.642. The van der Waals surface area contributed by atoms with E-state index >= 15 is 0 Å². The molecule has 1 aromatic heterocycles. The van der Waals surface area contributed by atoms with E-state index in [0.717, 1.165) is 9.13 Å². The molecule has 0 aliphatic heterocycles. The Balaban J connectivity index is 3.62. The molecule has 0 saturated carbocycles. The molecule has 0 aliphatic carbocycles. The topological polar surface area (TPSA) is 87.1 Å². The van der Waals surface area contributed by atoms with Crippen LogP contribution < -0.4 is 17.0 Å². The Bertz CT molecular complexity index is 573. The van der Waals surface area contributed by atoms with Crippen LogP contribution in [0, 0.1) is 0 Å². The summed E-state index contributed by atoms with van der Waals surface area (Å²) < 4.78 is 1.98. The molecule has 0 radical (unpaired) electrons. The molecule has 17 heavy (non-hydrogen) atoms. The highest BCUT2D eigenvalue weighted by molar-refractivity contribution is 7.99. The van der Waals surface area contributed by atoms with Gasteiger partial charge in [0, 0.05) is 14.1 Å². The first kappa shape index (κ1) is 13.6. The number of thioether (sulfide) groups is 1. The molecule has 0 fully saturated rings. The molecule has 7 heteroatoms. The zero-order valence-corrected chi connectivity index (χ0v) is 11.0. The van der Waals surface area contributed by atoms with Gasteiger partial charge in [-0.05, 0) is 13.2 Å². The van der Waals surface area contributed by atoms with E-state index in [1.165, 1.54) is 25.9 Å². The largest absolute Gasteiger partial charge is 0.384 e. The number of hydrogen-bond donors (Lipinski definition) is 1. The maximum atomic E-state index is 12.0. The average molecular weight is 257 g/mol. The molecule has 94 valence electrons. The molecule has 6 nitrogen and oxygen atoms in total. The lowest BCUT2D eigenvalue weighted by atomic mass is 10.1. The molecule has 1 atom stereocenters. The predicted octanol–water partition coefficient (Wildman–Crippen LogP) is -0.400. The zero-order valence-electron chi connectivity index (χ0n) is 10.2. The van der Waals surface area contributed by atoms with Crippen LogP contribution >= 0.6 is 11.8 Å². The summed E-state index contributed by atoms with van der Waals surface area (Å²) in [6.45, 7) is 1.69. The fourth-order valence-electron chi connectivity index (χ4n) is 1.40. The van der Waals surface area contributed by atoms with Crippen LogP contribution in [0.1, 0.15) is 17.3 Å². The fourth-order valence-corrected chi connectivity index (χ4v) is 1.73. The summed E-state index contributed by atoms with van der Waals surface area (Å²) in [5, 5.41) is -0.373. The normalized spacial score (nSPS) is 12.5. The third-order valence-electron chi connectivity index (χ3n) is 2.68. The number of nitrogens with zero attached hydrogens (tertiary/aromatic N) is 2. The Labute approximate surface area is 102 Å². The maximum Gasteiger partial charge on any atom is 0.332 e. The minimum Gasteiger partial charge on any atom is -0.384 e. The van der Waals surface area contributed by atoms with Crippen LogP contribution in [-0.4, -0.2) is 26.4 Å². The molecule has 1 rings (SSSR count).